The van der Waals surface area contributed by atoms with Gasteiger partial charge in [-0.15, -0.1) is 0 Å². The maximum Gasteiger partial charge on any atom is 0.407 e. The van der Waals surface area contributed by atoms with Gasteiger partial charge in [-0.2, -0.15) is 21.6 Å². The van der Waals surface area contributed by atoms with Crippen LogP contribution in [0.1, 0.15) is 48.0 Å². The Balaban J connectivity index is 5.53. The summed E-state index contributed by atoms with van der Waals surface area (Å²) < 4.78 is 78.2. The van der Waals surface area contributed by atoms with Gasteiger partial charge in [0.1, 0.15) is 5.60 Å². The fraction of sp³-hybridized carbons (Fsp3) is 0.944. The van der Waals surface area contributed by atoms with Crippen molar-refractivity contribution < 1.29 is 39.7 Å². The Kier molecular flexibility index (Phi) is 9.89. The number of carbonyl (C=O) groups is 1. The van der Waals surface area contributed by atoms with Crippen LogP contribution in [0.3, 0.4) is 0 Å². The van der Waals surface area contributed by atoms with Crippen molar-refractivity contribution in [1.82, 2.24) is 5.32 Å². The molecule has 1 amide bonds. The summed E-state index contributed by atoms with van der Waals surface area (Å²) >= 11 is 0. The van der Waals surface area contributed by atoms with Crippen LogP contribution in [0.4, 0.5) is 18.0 Å². The topological polar surface area (TPSA) is 90.9 Å². The zero-order valence-electron chi connectivity index (χ0n) is 19.3. The minimum atomic E-state index is -4.73. The minimum absolute atomic E-state index is 0.165. The number of carbonyl (C=O) groups excluding carboxylic acids is 1. The van der Waals surface area contributed by atoms with Crippen LogP contribution in [0, 0.1) is 5.92 Å². The molecule has 0 unspecified atom stereocenters. The molecule has 1 N–H and O–H groups in total. The third-order valence-electron chi connectivity index (χ3n) is 4.69. The fourth-order valence-electron chi connectivity index (χ4n) is 2.01. The Morgan fingerprint density at radius 3 is 1.90 bits per heavy atom. The van der Waals surface area contributed by atoms with Gasteiger partial charge in [-0.1, -0.05) is 20.8 Å². The first-order valence-electron chi connectivity index (χ1n) is 9.58. The van der Waals surface area contributed by atoms with E-state index in [9.17, 15) is 26.4 Å². The van der Waals surface area contributed by atoms with Crippen LogP contribution in [0.15, 0.2) is 0 Å². The number of nitrogens with one attached hydrogen (secondary N) is 1. The van der Waals surface area contributed by atoms with E-state index in [2.05, 4.69) is 9.50 Å². The molecular weight excluding hydrogens is 443 g/mol. The lowest BCUT2D eigenvalue weighted by atomic mass is 10.0. The Labute approximate surface area is 179 Å². The molecule has 0 aromatic heterocycles. The predicted octanol–water partition coefficient (Wildman–Crippen LogP) is 4.45. The van der Waals surface area contributed by atoms with E-state index in [1.807, 2.05) is 33.9 Å². The number of hydrogen-bond donors (Lipinski definition) is 1. The summed E-state index contributed by atoms with van der Waals surface area (Å²) in [6.07, 6.45) is -5.55. The van der Waals surface area contributed by atoms with Crippen LogP contribution in [0.25, 0.3) is 0 Å². The Hall–Kier alpha value is -0.853. The second-order valence-electron chi connectivity index (χ2n) is 9.88. The second-order valence-corrected chi connectivity index (χ2v) is 16.3. The lowest BCUT2D eigenvalue weighted by Crippen LogP contribution is -2.49. The van der Waals surface area contributed by atoms with Crippen LogP contribution in [0.5, 0.6) is 0 Å². The molecule has 0 saturated carbocycles. The van der Waals surface area contributed by atoms with Gasteiger partial charge in [0.2, 0.25) is 0 Å². The summed E-state index contributed by atoms with van der Waals surface area (Å²) in [7, 11) is -6.37. The van der Waals surface area contributed by atoms with Gasteiger partial charge in [-0.05, 0) is 45.3 Å². The highest BCUT2D eigenvalue weighted by atomic mass is 32.2. The number of alkyl carbamates (subject to hydrolysis) is 1. The summed E-state index contributed by atoms with van der Waals surface area (Å²) in [5.74, 6) is -2.12. The van der Waals surface area contributed by atoms with E-state index in [0.29, 0.717) is 6.26 Å². The van der Waals surface area contributed by atoms with Crippen molar-refractivity contribution in [3.05, 3.63) is 0 Å². The third kappa shape index (κ3) is 12.1. The molecule has 0 aromatic carbocycles. The van der Waals surface area contributed by atoms with Crippen LogP contribution >= 0.6 is 0 Å². The lowest BCUT2D eigenvalue weighted by molar-refractivity contribution is -0.185. The molecule has 0 aliphatic heterocycles. The van der Waals surface area contributed by atoms with Gasteiger partial charge < -0.3 is 14.5 Å². The number of ether oxygens (including phenoxy) is 1. The highest BCUT2D eigenvalue weighted by Gasteiger charge is 2.43. The first-order chi connectivity index (χ1) is 13.0. The standard InChI is InChI=1S/C18H36F3NO6SSi/c1-16(2,3)28-15(23)22-14(12-27-30(8,9)17(4,5)6)10-13(18(19,20)21)11-26-29(7,24)25/h13-14H,10-12H2,1-9H3,(H,22,23)/t13-,14+/m0/s1. The molecule has 0 bridgehead atoms. The maximum absolute atomic E-state index is 13.5. The van der Waals surface area contributed by atoms with E-state index in [0.717, 1.165) is 0 Å². The van der Waals surface area contributed by atoms with Gasteiger partial charge in [0.15, 0.2) is 8.32 Å². The molecule has 30 heavy (non-hydrogen) atoms. The fourth-order valence-corrected chi connectivity index (χ4v) is 3.48. The van der Waals surface area contributed by atoms with Crippen molar-refractivity contribution in [1.29, 1.82) is 0 Å². The van der Waals surface area contributed by atoms with Gasteiger partial charge in [0, 0.05) is 0 Å². The summed E-state index contributed by atoms with van der Waals surface area (Å²) in [4.78, 5) is 12.2. The van der Waals surface area contributed by atoms with Gasteiger partial charge >= 0.3 is 12.3 Å². The van der Waals surface area contributed by atoms with Gasteiger partial charge in [-0.3, -0.25) is 4.18 Å². The van der Waals surface area contributed by atoms with Crippen molar-refractivity contribution >= 4 is 24.5 Å². The van der Waals surface area contributed by atoms with Crippen molar-refractivity contribution in [3.8, 4) is 0 Å². The first-order valence-corrected chi connectivity index (χ1v) is 14.3. The number of halogens is 3. The molecule has 2 atom stereocenters. The van der Waals surface area contributed by atoms with Gasteiger partial charge in [0.05, 0.1) is 31.4 Å². The molecular formula is C18H36F3NO6SSi. The highest BCUT2D eigenvalue weighted by molar-refractivity contribution is 7.85. The SMILES string of the molecule is CC(C)(C)OC(=O)N[C@@H](CO[Si](C)(C)C(C)(C)C)C[C@@H](COS(C)(=O)=O)C(F)(F)F. The Bertz CT molecular complexity index is 669. The quantitative estimate of drug-likeness (QED) is 0.388. The lowest BCUT2D eigenvalue weighted by Gasteiger charge is -2.38. The number of rotatable bonds is 9. The van der Waals surface area contributed by atoms with Gasteiger partial charge in [-0.25, -0.2) is 4.79 Å². The Morgan fingerprint density at radius 2 is 1.53 bits per heavy atom. The number of amides is 1. The molecule has 0 radical (unpaired) electrons. The van der Waals surface area contributed by atoms with E-state index in [1.165, 1.54) is 0 Å². The van der Waals surface area contributed by atoms with E-state index in [1.54, 1.807) is 20.8 Å². The average Bonchev–Trinajstić information content (AvgIpc) is 2.43. The van der Waals surface area contributed by atoms with E-state index >= 15 is 0 Å². The van der Waals surface area contributed by atoms with Crippen LogP contribution in [-0.4, -0.2) is 60.1 Å². The molecule has 0 aliphatic carbocycles. The Morgan fingerprint density at radius 1 is 1.03 bits per heavy atom. The summed E-state index contributed by atoms with van der Waals surface area (Å²) in [6.45, 7) is 13.5. The van der Waals surface area contributed by atoms with Crippen molar-refractivity contribution in [2.24, 2.45) is 5.92 Å². The van der Waals surface area contributed by atoms with E-state index in [4.69, 9.17) is 9.16 Å². The molecule has 0 fully saturated rings. The van der Waals surface area contributed by atoms with Crippen molar-refractivity contribution in [2.45, 2.75) is 83.9 Å². The molecule has 0 aromatic rings. The minimum Gasteiger partial charge on any atom is -0.444 e. The maximum atomic E-state index is 13.5. The monoisotopic (exact) mass is 479 g/mol. The number of alkyl halides is 3. The average molecular weight is 480 g/mol. The summed E-state index contributed by atoms with van der Waals surface area (Å²) in [5, 5.41) is 2.24. The number of hydrogen-bond acceptors (Lipinski definition) is 6. The predicted molar refractivity (Wildman–Crippen MR) is 111 cm³/mol. The molecule has 0 saturated heterocycles. The molecule has 180 valence electrons. The zero-order valence-corrected chi connectivity index (χ0v) is 21.1. The van der Waals surface area contributed by atoms with Gasteiger partial charge in [0.25, 0.3) is 10.1 Å². The van der Waals surface area contributed by atoms with Crippen LogP contribution < -0.4 is 5.32 Å². The molecule has 7 nitrogen and oxygen atoms in total. The van der Waals surface area contributed by atoms with E-state index < -0.39 is 61.3 Å². The summed E-state index contributed by atoms with van der Waals surface area (Å²) in [6, 6.07) is -1.05. The second kappa shape index (κ2) is 10.2. The highest BCUT2D eigenvalue weighted by Crippen LogP contribution is 2.37. The third-order valence-corrected chi connectivity index (χ3v) is 9.75. The summed E-state index contributed by atoms with van der Waals surface area (Å²) in [5.41, 5.74) is -0.836. The largest absolute Gasteiger partial charge is 0.444 e. The van der Waals surface area contributed by atoms with E-state index in [-0.39, 0.29) is 11.6 Å². The normalized spacial score (nSPS) is 16.1. The smallest absolute Gasteiger partial charge is 0.407 e. The molecule has 0 heterocycles. The molecule has 12 heteroatoms. The molecule has 0 spiro atoms. The van der Waals surface area contributed by atoms with Crippen LogP contribution in [-0.2, 0) is 23.5 Å². The first kappa shape index (κ1) is 29.1. The van der Waals surface area contributed by atoms with Crippen molar-refractivity contribution in [3.63, 3.8) is 0 Å². The van der Waals surface area contributed by atoms with Crippen molar-refractivity contribution in [2.75, 3.05) is 19.5 Å². The zero-order chi connectivity index (χ0) is 24.2. The molecule has 0 rings (SSSR count). The molecule has 0 aliphatic rings. The van der Waals surface area contributed by atoms with Crippen LogP contribution in [0.2, 0.25) is 18.1 Å².